The molecule has 0 aliphatic carbocycles. The Hall–Kier alpha value is -2.36. The Labute approximate surface area is 196 Å². The van der Waals surface area contributed by atoms with Crippen LogP contribution in [0, 0.1) is 0 Å². The lowest BCUT2D eigenvalue weighted by molar-refractivity contribution is 0.287. The van der Waals surface area contributed by atoms with Crippen LogP contribution in [-0.2, 0) is 0 Å². The van der Waals surface area contributed by atoms with E-state index in [0.29, 0.717) is 12.1 Å². The SMILES string of the molecule is CCCC(C)Nc1ccc(OCCCCCCOc2ccc(NC(C)CCC)cc2)cc1. The molecule has 2 rings (SSSR count). The minimum absolute atomic E-state index is 0.506. The molecular formula is C28H44N2O2. The van der Waals surface area contributed by atoms with Gasteiger partial charge in [-0.1, -0.05) is 26.7 Å². The Balaban J connectivity index is 1.51. The highest BCUT2D eigenvalue weighted by Gasteiger charge is 2.02. The van der Waals surface area contributed by atoms with Crippen LogP contribution in [0.15, 0.2) is 48.5 Å². The second-order valence-corrected chi connectivity index (χ2v) is 8.83. The Morgan fingerprint density at radius 3 is 1.31 bits per heavy atom. The van der Waals surface area contributed by atoms with Gasteiger partial charge in [-0.25, -0.2) is 0 Å². The molecule has 2 unspecified atom stereocenters. The maximum absolute atomic E-state index is 5.88. The number of rotatable bonds is 17. The largest absolute Gasteiger partial charge is 0.494 e. The number of hydrogen-bond donors (Lipinski definition) is 2. The highest BCUT2D eigenvalue weighted by molar-refractivity contribution is 5.47. The van der Waals surface area contributed by atoms with Gasteiger partial charge in [-0.2, -0.15) is 0 Å². The second kappa shape index (κ2) is 15.4. The number of anilines is 2. The molecule has 32 heavy (non-hydrogen) atoms. The molecule has 4 nitrogen and oxygen atoms in total. The first-order valence-corrected chi connectivity index (χ1v) is 12.6. The van der Waals surface area contributed by atoms with Crippen LogP contribution in [-0.4, -0.2) is 25.3 Å². The second-order valence-electron chi connectivity index (χ2n) is 8.83. The highest BCUT2D eigenvalue weighted by atomic mass is 16.5. The van der Waals surface area contributed by atoms with E-state index >= 15 is 0 Å². The van der Waals surface area contributed by atoms with Crippen LogP contribution in [0.25, 0.3) is 0 Å². The predicted molar refractivity (Wildman–Crippen MR) is 138 cm³/mol. The zero-order valence-electron chi connectivity index (χ0n) is 20.7. The van der Waals surface area contributed by atoms with E-state index in [1.807, 2.05) is 0 Å². The molecule has 178 valence electrons. The third kappa shape index (κ3) is 10.8. The lowest BCUT2D eigenvalue weighted by Crippen LogP contribution is -2.14. The summed E-state index contributed by atoms with van der Waals surface area (Å²) in [6.07, 6.45) is 9.24. The van der Waals surface area contributed by atoms with Crippen molar-refractivity contribution in [3.63, 3.8) is 0 Å². The summed E-state index contributed by atoms with van der Waals surface area (Å²) in [6.45, 7) is 10.4. The van der Waals surface area contributed by atoms with Crippen molar-refractivity contribution in [2.75, 3.05) is 23.8 Å². The smallest absolute Gasteiger partial charge is 0.119 e. The Bertz CT molecular complexity index is 652. The van der Waals surface area contributed by atoms with Crippen LogP contribution in [0.5, 0.6) is 11.5 Å². The normalized spacial score (nSPS) is 12.8. The van der Waals surface area contributed by atoms with Gasteiger partial charge in [0, 0.05) is 23.5 Å². The molecule has 0 radical (unpaired) electrons. The molecule has 0 aromatic heterocycles. The molecule has 2 aromatic carbocycles. The molecule has 0 saturated heterocycles. The molecule has 2 atom stereocenters. The number of hydrogen-bond acceptors (Lipinski definition) is 4. The van der Waals surface area contributed by atoms with Crippen molar-refractivity contribution < 1.29 is 9.47 Å². The van der Waals surface area contributed by atoms with Crippen LogP contribution in [0.2, 0.25) is 0 Å². The summed E-state index contributed by atoms with van der Waals surface area (Å²) in [6, 6.07) is 17.7. The van der Waals surface area contributed by atoms with Gasteiger partial charge in [0.1, 0.15) is 11.5 Å². The summed E-state index contributed by atoms with van der Waals surface area (Å²) >= 11 is 0. The zero-order valence-corrected chi connectivity index (χ0v) is 20.7. The zero-order chi connectivity index (χ0) is 23.0. The molecule has 2 aromatic rings. The van der Waals surface area contributed by atoms with E-state index in [0.717, 1.165) is 61.8 Å². The van der Waals surface area contributed by atoms with Crippen molar-refractivity contribution in [3.05, 3.63) is 48.5 Å². The van der Waals surface area contributed by atoms with Crippen molar-refractivity contribution >= 4 is 11.4 Å². The van der Waals surface area contributed by atoms with Gasteiger partial charge in [0.15, 0.2) is 0 Å². The van der Waals surface area contributed by atoms with Crippen molar-refractivity contribution in [1.29, 1.82) is 0 Å². The number of unbranched alkanes of at least 4 members (excludes halogenated alkanes) is 3. The van der Waals surface area contributed by atoms with Gasteiger partial charge < -0.3 is 20.1 Å². The standard InChI is InChI=1S/C28H44N2O2/c1-5-11-23(3)29-25-13-17-27(18-14-25)31-21-9-7-8-10-22-32-28-19-15-26(16-20-28)30-24(4)12-6-2/h13-20,23-24,29-30H,5-12,21-22H2,1-4H3. The van der Waals surface area contributed by atoms with E-state index in [1.54, 1.807) is 0 Å². The molecule has 2 N–H and O–H groups in total. The van der Waals surface area contributed by atoms with E-state index < -0.39 is 0 Å². The fourth-order valence-corrected chi connectivity index (χ4v) is 3.81. The molecule has 0 bridgehead atoms. The average Bonchev–Trinajstić information content (AvgIpc) is 2.78. The van der Waals surface area contributed by atoms with Crippen LogP contribution in [0.3, 0.4) is 0 Å². The topological polar surface area (TPSA) is 42.5 Å². The minimum atomic E-state index is 0.506. The molecule has 0 amide bonds. The van der Waals surface area contributed by atoms with Gasteiger partial charge in [0.05, 0.1) is 13.2 Å². The summed E-state index contributed by atoms with van der Waals surface area (Å²) in [5.74, 6) is 1.90. The summed E-state index contributed by atoms with van der Waals surface area (Å²) in [4.78, 5) is 0. The molecule has 0 fully saturated rings. The molecular weight excluding hydrogens is 396 g/mol. The van der Waals surface area contributed by atoms with Crippen molar-refractivity contribution in [2.45, 2.75) is 91.1 Å². The molecule has 0 aliphatic rings. The molecule has 0 heterocycles. The van der Waals surface area contributed by atoms with Crippen LogP contribution >= 0.6 is 0 Å². The van der Waals surface area contributed by atoms with E-state index in [4.69, 9.17) is 9.47 Å². The van der Waals surface area contributed by atoms with E-state index in [-0.39, 0.29) is 0 Å². The summed E-state index contributed by atoms with van der Waals surface area (Å²) in [5.41, 5.74) is 2.32. The van der Waals surface area contributed by atoms with E-state index in [2.05, 4.69) is 86.9 Å². The predicted octanol–water partition coefficient (Wildman–Crippen LogP) is 7.91. The van der Waals surface area contributed by atoms with Gasteiger partial charge in [0.25, 0.3) is 0 Å². The summed E-state index contributed by atoms with van der Waals surface area (Å²) in [7, 11) is 0. The quantitative estimate of drug-likeness (QED) is 0.245. The van der Waals surface area contributed by atoms with Gasteiger partial charge in [0.2, 0.25) is 0 Å². The highest BCUT2D eigenvalue weighted by Crippen LogP contribution is 2.19. The number of ether oxygens (including phenoxy) is 2. The van der Waals surface area contributed by atoms with Crippen molar-refractivity contribution in [3.8, 4) is 11.5 Å². The lowest BCUT2D eigenvalue weighted by atomic mass is 10.2. The van der Waals surface area contributed by atoms with Gasteiger partial charge in [-0.15, -0.1) is 0 Å². The summed E-state index contributed by atoms with van der Waals surface area (Å²) in [5, 5.41) is 7.04. The average molecular weight is 441 g/mol. The van der Waals surface area contributed by atoms with Gasteiger partial charge >= 0.3 is 0 Å². The first-order valence-electron chi connectivity index (χ1n) is 12.6. The van der Waals surface area contributed by atoms with Crippen LogP contribution in [0.1, 0.15) is 79.1 Å². The number of nitrogens with one attached hydrogen (secondary N) is 2. The monoisotopic (exact) mass is 440 g/mol. The minimum Gasteiger partial charge on any atom is -0.494 e. The Morgan fingerprint density at radius 2 is 0.969 bits per heavy atom. The maximum atomic E-state index is 5.88. The van der Waals surface area contributed by atoms with Gasteiger partial charge in [-0.05, 0) is 101 Å². The summed E-state index contributed by atoms with van der Waals surface area (Å²) < 4.78 is 11.8. The fourth-order valence-electron chi connectivity index (χ4n) is 3.81. The fraction of sp³-hybridized carbons (Fsp3) is 0.571. The Morgan fingerprint density at radius 1 is 0.594 bits per heavy atom. The van der Waals surface area contributed by atoms with Crippen LogP contribution < -0.4 is 20.1 Å². The lowest BCUT2D eigenvalue weighted by Gasteiger charge is -2.15. The Kier molecular flexibility index (Phi) is 12.5. The molecule has 0 spiro atoms. The van der Waals surface area contributed by atoms with Crippen molar-refractivity contribution in [2.24, 2.45) is 0 Å². The maximum Gasteiger partial charge on any atom is 0.119 e. The first kappa shape index (κ1) is 25.9. The van der Waals surface area contributed by atoms with E-state index in [1.165, 1.54) is 25.7 Å². The molecule has 4 heteroatoms. The number of benzene rings is 2. The van der Waals surface area contributed by atoms with Gasteiger partial charge in [-0.3, -0.25) is 0 Å². The van der Waals surface area contributed by atoms with Crippen LogP contribution in [0.4, 0.5) is 11.4 Å². The third-order valence-electron chi connectivity index (χ3n) is 5.55. The first-order chi connectivity index (χ1) is 15.6. The molecule has 0 saturated carbocycles. The van der Waals surface area contributed by atoms with Crippen molar-refractivity contribution in [1.82, 2.24) is 0 Å². The van der Waals surface area contributed by atoms with E-state index in [9.17, 15) is 0 Å². The third-order valence-corrected chi connectivity index (χ3v) is 5.55. The molecule has 0 aliphatic heterocycles.